The van der Waals surface area contributed by atoms with Gasteiger partial charge in [0.05, 0.1) is 25.0 Å². The second kappa shape index (κ2) is 9.52. The van der Waals surface area contributed by atoms with E-state index in [2.05, 4.69) is 28.1 Å². The molecule has 4 N–H and O–H groups in total. The minimum Gasteiger partial charge on any atom is -0.442 e. The first-order valence-corrected chi connectivity index (χ1v) is 9.87. The lowest BCUT2D eigenvalue weighted by molar-refractivity contribution is -0.119. The zero-order valence-electron chi connectivity index (χ0n) is 17.0. The number of hydrogen-bond acceptors (Lipinski definition) is 5. The van der Waals surface area contributed by atoms with Crippen LogP contribution in [0.25, 0.3) is 11.1 Å². The third-order valence-corrected chi connectivity index (χ3v) is 4.80. The molecule has 0 bridgehead atoms. The van der Waals surface area contributed by atoms with Crippen LogP contribution in [0.3, 0.4) is 0 Å². The molecule has 3 rings (SSSR count). The minimum absolute atomic E-state index is 0.0637. The van der Waals surface area contributed by atoms with Crippen molar-refractivity contribution in [3.05, 3.63) is 53.3 Å². The van der Waals surface area contributed by atoms with Crippen molar-refractivity contribution in [2.45, 2.75) is 20.0 Å². The molecule has 2 amide bonds. The van der Waals surface area contributed by atoms with Gasteiger partial charge in [-0.25, -0.2) is 9.18 Å². The first-order chi connectivity index (χ1) is 14.8. The van der Waals surface area contributed by atoms with Gasteiger partial charge in [0.2, 0.25) is 5.91 Å². The van der Waals surface area contributed by atoms with Crippen molar-refractivity contribution in [1.29, 1.82) is 0 Å². The van der Waals surface area contributed by atoms with Gasteiger partial charge in [0.15, 0.2) is 5.11 Å². The van der Waals surface area contributed by atoms with Gasteiger partial charge in [0.1, 0.15) is 11.9 Å². The number of carbonyl (C=O) groups is 2. The smallest absolute Gasteiger partial charge is 0.414 e. The van der Waals surface area contributed by atoms with Crippen LogP contribution in [0, 0.1) is 12.7 Å². The van der Waals surface area contributed by atoms with E-state index in [1.54, 1.807) is 49.5 Å². The maximum atomic E-state index is 15.2. The zero-order chi connectivity index (χ0) is 22.5. The number of carbonyl (C=O) groups excluding carboxylic acids is 2. The van der Waals surface area contributed by atoms with Crippen molar-refractivity contribution in [1.82, 2.24) is 10.7 Å². The van der Waals surface area contributed by atoms with Crippen LogP contribution in [0.1, 0.15) is 18.1 Å². The van der Waals surface area contributed by atoms with Gasteiger partial charge in [-0.1, -0.05) is 24.3 Å². The van der Waals surface area contributed by atoms with E-state index in [4.69, 9.17) is 10.5 Å². The molecule has 0 spiro atoms. The summed E-state index contributed by atoms with van der Waals surface area (Å²) in [6.45, 7) is 3.44. The predicted octanol–water partition coefficient (Wildman–Crippen LogP) is 2.43. The fourth-order valence-electron chi connectivity index (χ4n) is 3.19. The number of nitrogens with two attached hydrogens (primary N) is 1. The summed E-state index contributed by atoms with van der Waals surface area (Å²) in [5.41, 5.74) is 10.4. The molecular weight excluding hydrogens is 421 g/mol. The molecule has 1 aliphatic rings. The number of benzene rings is 2. The Kier molecular flexibility index (Phi) is 6.81. The Morgan fingerprint density at radius 2 is 2.06 bits per heavy atom. The highest BCUT2D eigenvalue weighted by atomic mass is 32.1. The summed E-state index contributed by atoms with van der Waals surface area (Å²) in [5.74, 6) is -0.635. The van der Waals surface area contributed by atoms with E-state index in [9.17, 15) is 9.59 Å². The molecule has 1 aliphatic heterocycles. The van der Waals surface area contributed by atoms with Gasteiger partial charge >= 0.3 is 6.09 Å². The van der Waals surface area contributed by atoms with Gasteiger partial charge in [-0.2, -0.15) is 5.10 Å². The highest BCUT2D eigenvalue weighted by Gasteiger charge is 2.33. The molecule has 1 unspecified atom stereocenters. The summed E-state index contributed by atoms with van der Waals surface area (Å²) in [7, 11) is 0. The molecule has 31 heavy (non-hydrogen) atoms. The van der Waals surface area contributed by atoms with Gasteiger partial charge in [0.25, 0.3) is 0 Å². The van der Waals surface area contributed by atoms with Crippen LogP contribution >= 0.6 is 12.2 Å². The summed E-state index contributed by atoms with van der Waals surface area (Å²) in [4.78, 5) is 24.7. The number of rotatable bonds is 6. The van der Waals surface area contributed by atoms with Gasteiger partial charge in [-0.15, -0.1) is 0 Å². The number of amides is 2. The molecule has 1 heterocycles. The number of nitrogens with one attached hydrogen (secondary N) is 2. The normalized spacial score (nSPS) is 15.8. The lowest BCUT2D eigenvalue weighted by Gasteiger charge is -2.18. The molecule has 0 aliphatic carbocycles. The fourth-order valence-corrected chi connectivity index (χ4v) is 3.24. The highest BCUT2D eigenvalue weighted by Crippen LogP contribution is 2.33. The highest BCUT2D eigenvalue weighted by molar-refractivity contribution is 7.80. The molecule has 1 atom stereocenters. The Balaban J connectivity index is 1.78. The lowest BCUT2D eigenvalue weighted by Crippen LogP contribution is -2.33. The van der Waals surface area contributed by atoms with Crippen LogP contribution in [0.4, 0.5) is 14.9 Å². The molecule has 10 heteroatoms. The quantitative estimate of drug-likeness (QED) is 0.359. The van der Waals surface area contributed by atoms with E-state index in [0.717, 1.165) is 5.56 Å². The van der Waals surface area contributed by atoms with Crippen molar-refractivity contribution in [3.8, 4) is 11.1 Å². The third-order valence-electron chi connectivity index (χ3n) is 4.71. The number of hydrazone groups is 1. The second-order valence-corrected chi connectivity index (χ2v) is 7.42. The maximum Gasteiger partial charge on any atom is 0.414 e. The summed E-state index contributed by atoms with van der Waals surface area (Å²) < 4.78 is 20.4. The first kappa shape index (κ1) is 22.2. The standard InChI is InChI=1S/C21H22FN5O3S/c1-12-18(27-11-16(30-21(27)29)10-24-13(2)28)8-7-17(19(12)22)15-5-3-14(4-6-15)9-25-26-20(23)31/h3-9,16H,10-11H2,1-2H3,(H,24,28)(H3,23,26,31). The van der Waals surface area contributed by atoms with Crippen molar-refractivity contribution < 1.29 is 18.7 Å². The van der Waals surface area contributed by atoms with Crippen LogP contribution in [-0.2, 0) is 9.53 Å². The Hall–Kier alpha value is -3.53. The largest absolute Gasteiger partial charge is 0.442 e. The Morgan fingerprint density at radius 3 is 2.71 bits per heavy atom. The molecular formula is C21H22FN5O3S. The Labute approximate surface area is 184 Å². The maximum absolute atomic E-state index is 15.2. The summed E-state index contributed by atoms with van der Waals surface area (Å²) in [6, 6.07) is 10.4. The van der Waals surface area contributed by atoms with Crippen molar-refractivity contribution in [3.63, 3.8) is 0 Å². The van der Waals surface area contributed by atoms with E-state index in [1.807, 2.05) is 0 Å². The fraction of sp³-hybridized carbons (Fsp3) is 0.238. The van der Waals surface area contributed by atoms with E-state index < -0.39 is 18.0 Å². The molecule has 2 aromatic carbocycles. The van der Waals surface area contributed by atoms with Crippen LogP contribution in [0.2, 0.25) is 0 Å². The van der Waals surface area contributed by atoms with Gasteiger partial charge in [-0.05, 0) is 42.4 Å². The number of thiocarbonyl (C=S) groups is 1. The van der Waals surface area contributed by atoms with Crippen molar-refractivity contribution >= 4 is 41.2 Å². The average molecular weight is 444 g/mol. The predicted molar refractivity (Wildman–Crippen MR) is 120 cm³/mol. The molecule has 162 valence electrons. The van der Waals surface area contributed by atoms with Gasteiger partial charge in [-0.3, -0.25) is 15.1 Å². The van der Waals surface area contributed by atoms with Crippen LogP contribution in [0.5, 0.6) is 0 Å². The Bertz CT molecular complexity index is 1040. The van der Waals surface area contributed by atoms with Gasteiger partial charge < -0.3 is 15.8 Å². The van der Waals surface area contributed by atoms with Crippen LogP contribution < -0.4 is 21.4 Å². The first-order valence-electron chi connectivity index (χ1n) is 9.47. The lowest BCUT2D eigenvalue weighted by atomic mass is 10.00. The molecule has 0 aromatic heterocycles. The number of halogens is 1. The SMILES string of the molecule is CC(=O)NCC1CN(c2ccc(-c3ccc(C=NNC(N)=S)cc3)c(F)c2C)C(=O)O1. The van der Waals surface area contributed by atoms with Crippen molar-refractivity contribution in [2.24, 2.45) is 10.8 Å². The molecule has 0 saturated carbocycles. The molecule has 1 fully saturated rings. The minimum atomic E-state index is -0.570. The number of ether oxygens (including phenoxy) is 1. The third kappa shape index (κ3) is 5.34. The van der Waals surface area contributed by atoms with E-state index >= 15 is 4.39 Å². The number of cyclic esters (lactones) is 1. The van der Waals surface area contributed by atoms with E-state index in [0.29, 0.717) is 22.4 Å². The summed E-state index contributed by atoms with van der Waals surface area (Å²) >= 11 is 4.67. The zero-order valence-corrected chi connectivity index (χ0v) is 17.8. The summed E-state index contributed by atoms with van der Waals surface area (Å²) in [6.07, 6.45) is 0.486. The molecule has 8 nitrogen and oxygen atoms in total. The van der Waals surface area contributed by atoms with Crippen LogP contribution in [0.15, 0.2) is 41.5 Å². The molecule has 1 saturated heterocycles. The summed E-state index contributed by atoms with van der Waals surface area (Å²) in [5, 5.41) is 6.56. The van der Waals surface area contributed by atoms with Gasteiger partial charge in [0, 0.05) is 18.1 Å². The Morgan fingerprint density at radius 1 is 1.35 bits per heavy atom. The number of nitrogens with zero attached hydrogens (tertiary/aromatic N) is 2. The molecule has 2 aromatic rings. The van der Waals surface area contributed by atoms with Crippen molar-refractivity contribution in [2.75, 3.05) is 18.0 Å². The van der Waals surface area contributed by atoms with Crippen LogP contribution in [-0.4, -0.2) is 42.5 Å². The second-order valence-electron chi connectivity index (χ2n) is 6.98. The topological polar surface area (TPSA) is 109 Å². The average Bonchev–Trinajstić information content (AvgIpc) is 3.09. The number of anilines is 1. The van der Waals surface area contributed by atoms with E-state index in [1.165, 1.54) is 11.8 Å². The monoisotopic (exact) mass is 443 g/mol. The van der Waals surface area contributed by atoms with E-state index in [-0.39, 0.29) is 24.1 Å². The number of hydrogen-bond donors (Lipinski definition) is 3. The molecule has 0 radical (unpaired) electrons.